The van der Waals surface area contributed by atoms with Gasteiger partial charge in [0.1, 0.15) is 0 Å². The number of hydrogen-bond donors (Lipinski definition) is 2. The largest absolute Gasteiger partial charge is 0.382 e. The molecule has 0 saturated carbocycles. The summed E-state index contributed by atoms with van der Waals surface area (Å²) in [7, 11) is 0. The summed E-state index contributed by atoms with van der Waals surface area (Å²) in [6.07, 6.45) is 7.91. The van der Waals surface area contributed by atoms with Crippen LogP contribution in [-0.4, -0.2) is 19.0 Å². The van der Waals surface area contributed by atoms with Crippen molar-refractivity contribution in [2.45, 2.75) is 38.5 Å². The van der Waals surface area contributed by atoms with Gasteiger partial charge in [-0.05, 0) is 44.2 Å². The molecule has 1 aromatic rings. The summed E-state index contributed by atoms with van der Waals surface area (Å²) in [5.74, 6) is -4.17. The first-order valence-corrected chi connectivity index (χ1v) is 7.90. The molecule has 0 unspecified atom stereocenters. The number of hydrogen-bond acceptors (Lipinski definition) is 2. The van der Waals surface area contributed by atoms with E-state index in [-0.39, 0.29) is 24.6 Å². The summed E-state index contributed by atoms with van der Waals surface area (Å²) in [6, 6.07) is 1.96. The van der Waals surface area contributed by atoms with Crippen molar-refractivity contribution >= 4 is 11.6 Å². The van der Waals surface area contributed by atoms with E-state index in [4.69, 9.17) is 0 Å². The maximum Gasteiger partial charge on any atom is 0.221 e. The van der Waals surface area contributed by atoms with Crippen molar-refractivity contribution in [2.75, 3.05) is 18.4 Å². The Labute approximate surface area is 134 Å². The van der Waals surface area contributed by atoms with Gasteiger partial charge in [-0.15, -0.1) is 0 Å². The van der Waals surface area contributed by atoms with E-state index in [1.807, 2.05) is 0 Å². The molecule has 0 saturated heterocycles. The predicted octanol–water partition coefficient (Wildman–Crippen LogP) is 3.91. The molecule has 23 heavy (non-hydrogen) atoms. The van der Waals surface area contributed by atoms with Gasteiger partial charge in [0.15, 0.2) is 17.5 Å². The molecule has 2 rings (SSSR count). The maximum atomic E-state index is 13.4. The molecule has 0 radical (unpaired) electrons. The van der Waals surface area contributed by atoms with Crippen LogP contribution in [0.3, 0.4) is 0 Å². The first-order chi connectivity index (χ1) is 11.1. The third-order valence-electron chi connectivity index (χ3n) is 3.86. The van der Waals surface area contributed by atoms with Gasteiger partial charge in [-0.2, -0.15) is 0 Å². The fourth-order valence-electron chi connectivity index (χ4n) is 2.56. The second kappa shape index (κ2) is 8.60. The van der Waals surface area contributed by atoms with Crippen LogP contribution in [0.4, 0.5) is 18.9 Å². The normalized spacial score (nSPS) is 14.3. The number of benzene rings is 1. The van der Waals surface area contributed by atoms with Crippen LogP contribution in [0.2, 0.25) is 0 Å². The second-order valence-electron chi connectivity index (χ2n) is 5.61. The molecule has 1 aliphatic carbocycles. The molecular formula is C17H21F3N2O. The molecular weight excluding hydrogens is 305 g/mol. The molecule has 0 aromatic heterocycles. The van der Waals surface area contributed by atoms with Gasteiger partial charge in [0.2, 0.25) is 5.91 Å². The molecule has 1 amide bonds. The summed E-state index contributed by atoms with van der Waals surface area (Å²) >= 11 is 0. The predicted molar refractivity (Wildman–Crippen MR) is 83.6 cm³/mol. The molecule has 0 spiro atoms. The van der Waals surface area contributed by atoms with Crippen LogP contribution in [0.5, 0.6) is 0 Å². The topological polar surface area (TPSA) is 41.1 Å². The first-order valence-electron chi connectivity index (χ1n) is 7.90. The summed E-state index contributed by atoms with van der Waals surface area (Å²) in [5, 5.41) is 5.40. The first kappa shape index (κ1) is 17.4. The zero-order valence-electron chi connectivity index (χ0n) is 12.9. The second-order valence-corrected chi connectivity index (χ2v) is 5.61. The number of nitrogens with one attached hydrogen (secondary N) is 2. The Morgan fingerprint density at radius 2 is 1.91 bits per heavy atom. The Balaban J connectivity index is 1.67. The van der Waals surface area contributed by atoms with E-state index in [0.717, 1.165) is 31.4 Å². The molecule has 1 aliphatic rings. The maximum absolute atomic E-state index is 13.4. The van der Waals surface area contributed by atoms with E-state index in [9.17, 15) is 18.0 Å². The molecule has 3 nitrogen and oxygen atoms in total. The van der Waals surface area contributed by atoms with Crippen molar-refractivity contribution in [2.24, 2.45) is 0 Å². The molecule has 1 aromatic carbocycles. The minimum atomic E-state index is -1.51. The van der Waals surface area contributed by atoms with Gasteiger partial charge in [0.05, 0.1) is 5.69 Å². The number of rotatable bonds is 7. The van der Waals surface area contributed by atoms with Crippen LogP contribution >= 0.6 is 0 Å². The summed E-state index contributed by atoms with van der Waals surface area (Å²) in [5.41, 5.74) is 1.24. The van der Waals surface area contributed by atoms with E-state index in [2.05, 4.69) is 16.7 Å². The zero-order valence-corrected chi connectivity index (χ0v) is 12.9. The number of carbonyl (C=O) groups is 1. The lowest BCUT2D eigenvalue weighted by Crippen LogP contribution is -2.26. The van der Waals surface area contributed by atoms with Gasteiger partial charge in [0.25, 0.3) is 0 Å². The molecule has 0 bridgehead atoms. The van der Waals surface area contributed by atoms with E-state index in [1.165, 1.54) is 18.4 Å². The Morgan fingerprint density at radius 3 is 2.65 bits per heavy atom. The van der Waals surface area contributed by atoms with Crippen LogP contribution in [-0.2, 0) is 4.79 Å². The van der Waals surface area contributed by atoms with Gasteiger partial charge >= 0.3 is 0 Å². The fraction of sp³-hybridized carbons (Fsp3) is 0.471. The van der Waals surface area contributed by atoms with Gasteiger partial charge in [-0.3, -0.25) is 4.79 Å². The van der Waals surface area contributed by atoms with Crippen molar-refractivity contribution in [3.05, 3.63) is 41.2 Å². The van der Waals surface area contributed by atoms with E-state index < -0.39 is 17.5 Å². The van der Waals surface area contributed by atoms with Crippen LogP contribution in [0.15, 0.2) is 23.8 Å². The van der Waals surface area contributed by atoms with Gasteiger partial charge in [-0.25, -0.2) is 13.2 Å². The average molecular weight is 326 g/mol. The van der Waals surface area contributed by atoms with Crippen LogP contribution in [0.1, 0.15) is 38.5 Å². The fourth-order valence-corrected chi connectivity index (χ4v) is 2.56. The van der Waals surface area contributed by atoms with Crippen molar-refractivity contribution in [1.82, 2.24) is 5.32 Å². The number of halogens is 3. The van der Waals surface area contributed by atoms with Crippen molar-refractivity contribution < 1.29 is 18.0 Å². The number of carbonyl (C=O) groups excluding carboxylic acids is 1. The Morgan fingerprint density at radius 1 is 1.09 bits per heavy atom. The highest BCUT2D eigenvalue weighted by atomic mass is 19.2. The highest BCUT2D eigenvalue weighted by molar-refractivity contribution is 5.76. The quantitative estimate of drug-likeness (QED) is 0.589. The van der Waals surface area contributed by atoms with Gasteiger partial charge in [0, 0.05) is 19.5 Å². The molecule has 2 N–H and O–H groups in total. The van der Waals surface area contributed by atoms with E-state index >= 15 is 0 Å². The van der Waals surface area contributed by atoms with E-state index in [1.54, 1.807) is 0 Å². The van der Waals surface area contributed by atoms with Gasteiger partial charge < -0.3 is 10.6 Å². The molecule has 0 atom stereocenters. The molecule has 6 heteroatoms. The van der Waals surface area contributed by atoms with Gasteiger partial charge in [-0.1, -0.05) is 11.6 Å². The van der Waals surface area contributed by atoms with Crippen molar-refractivity contribution in [1.29, 1.82) is 0 Å². The molecule has 0 fully saturated rings. The van der Waals surface area contributed by atoms with Crippen LogP contribution in [0, 0.1) is 17.5 Å². The molecule has 126 valence electrons. The lowest BCUT2D eigenvalue weighted by molar-refractivity contribution is -0.120. The highest BCUT2D eigenvalue weighted by Crippen LogP contribution is 2.20. The third kappa shape index (κ3) is 5.30. The smallest absolute Gasteiger partial charge is 0.221 e. The SMILES string of the molecule is O=C(CCNc1ccc(F)c(F)c1F)NCCC1=CCCCC1. The lowest BCUT2D eigenvalue weighted by Gasteiger charge is -2.13. The van der Waals surface area contributed by atoms with Crippen molar-refractivity contribution in [3.8, 4) is 0 Å². The standard InChI is InChI=1S/C17H21F3N2O/c18-13-6-7-14(17(20)16(13)19)21-11-9-15(23)22-10-8-12-4-2-1-3-5-12/h4,6-7,21H,1-3,5,8-11H2,(H,22,23). The lowest BCUT2D eigenvalue weighted by atomic mass is 9.97. The minimum Gasteiger partial charge on any atom is -0.382 e. The molecule has 0 heterocycles. The van der Waals surface area contributed by atoms with Crippen molar-refractivity contribution in [3.63, 3.8) is 0 Å². The summed E-state index contributed by atoms with van der Waals surface area (Å²) < 4.78 is 39.2. The monoisotopic (exact) mass is 326 g/mol. The highest BCUT2D eigenvalue weighted by Gasteiger charge is 2.13. The number of anilines is 1. The van der Waals surface area contributed by atoms with E-state index in [0.29, 0.717) is 6.54 Å². The summed E-state index contributed by atoms with van der Waals surface area (Å²) in [4.78, 5) is 11.7. The molecule has 0 aliphatic heterocycles. The Kier molecular flexibility index (Phi) is 6.50. The average Bonchev–Trinajstić information content (AvgIpc) is 2.56. The minimum absolute atomic E-state index is 0.136. The third-order valence-corrected chi connectivity index (χ3v) is 3.86. The Bertz CT molecular complexity index is 587. The zero-order chi connectivity index (χ0) is 16.7. The number of allylic oxidation sites excluding steroid dienone is 1. The summed E-state index contributed by atoms with van der Waals surface area (Å²) in [6.45, 7) is 0.737. The van der Waals surface area contributed by atoms with Crippen LogP contribution < -0.4 is 10.6 Å². The van der Waals surface area contributed by atoms with Crippen LogP contribution in [0.25, 0.3) is 0 Å². The Hall–Kier alpha value is -1.98. The number of amides is 1.